The van der Waals surface area contributed by atoms with E-state index in [4.69, 9.17) is 4.52 Å². The number of nitrogens with zero attached hydrogens (tertiary/aromatic N) is 6. The molecule has 8 nitrogen and oxygen atoms in total. The average Bonchev–Trinajstić information content (AvgIpc) is 3.40. The molecule has 26 heavy (non-hydrogen) atoms. The molecule has 3 heterocycles. The third kappa shape index (κ3) is 3.34. The Hall–Kier alpha value is -2.68. The van der Waals surface area contributed by atoms with Crippen LogP contribution >= 0.6 is 11.8 Å². The Morgan fingerprint density at radius 2 is 2.19 bits per heavy atom. The van der Waals surface area contributed by atoms with Crippen LogP contribution < -0.4 is 0 Å². The first-order valence-electron chi connectivity index (χ1n) is 8.37. The van der Waals surface area contributed by atoms with Crippen molar-refractivity contribution >= 4 is 17.7 Å². The molecule has 0 N–H and O–H groups in total. The second-order valence-electron chi connectivity index (χ2n) is 6.08. The van der Waals surface area contributed by atoms with Gasteiger partial charge in [0.25, 0.3) is 0 Å². The Morgan fingerprint density at radius 1 is 1.35 bits per heavy atom. The molecule has 1 fully saturated rings. The summed E-state index contributed by atoms with van der Waals surface area (Å²) in [6.45, 7) is 0.700. The van der Waals surface area contributed by atoms with Gasteiger partial charge in [0.1, 0.15) is 12.4 Å². The highest BCUT2D eigenvalue weighted by molar-refractivity contribution is 7.99. The second kappa shape index (κ2) is 7.28. The van der Waals surface area contributed by atoms with E-state index in [1.807, 2.05) is 42.3 Å². The van der Waals surface area contributed by atoms with Gasteiger partial charge in [0, 0.05) is 19.2 Å². The Kier molecular flexibility index (Phi) is 4.70. The molecule has 1 amide bonds. The van der Waals surface area contributed by atoms with Gasteiger partial charge in [0.15, 0.2) is 5.16 Å². The molecule has 3 aromatic rings. The van der Waals surface area contributed by atoms with E-state index >= 15 is 0 Å². The van der Waals surface area contributed by atoms with Crippen LogP contribution in [0.1, 0.15) is 24.8 Å². The predicted molar refractivity (Wildman–Crippen MR) is 95.1 cm³/mol. The van der Waals surface area contributed by atoms with E-state index in [0.717, 1.165) is 23.6 Å². The number of benzene rings is 1. The molecule has 0 unspecified atom stereocenters. The first kappa shape index (κ1) is 16.8. The number of amides is 1. The lowest BCUT2D eigenvalue weighted by Gasteiger charge is -2.21. The highest BCUT2D eigenvalue weighted by Crippen LogP contribution is 2.32. The van der Waals surface area contributed by atoms with Crippen LogP contribution in [0.3, 0.4) is 0 Å². The molecule has 1 atom stereocenters. The maximum atomic E-state index is 12.7. The van der Waals surface area contributed by atoms with Gasteiger partial charge in [-0.3, -0.25) is 4.79 Å². The summed E-state index contributed by atoms with van der Waals surface area (Å²) in [5, 5.41) is 12.6. The molecule has 0 bridgehead atoms. The summed E-state index contributed by atoms with van der Waals surface area (Å²) in [6, 6.07) is 9.51. The van der Waals surface area contributed by atoms with E-state index in [0.29, 0.717) is 24.0 Å². The number of aromatic nitrogens is 5. The fourth-order valence-electron chi connectivity index (χ4n) is 3.01. The van der Waals surface area contributed by atoms with Crippen LogP contribution in [0.25, 0.3) is 11.4 Å². The number of hydrogen-bond acceptors (Lipinski definition) is 7. The van der Waals surface area contributed by atoms with Gasteiger partial charge in [-0.1, -0.05) is 47.3 Å². The number of rotatable bonds is 5. The molecule has 2 aromatic heterocycles. The average molecular weight is 370 g/mol. The van der Waals surface area contributed by atoms with Crippen molar-refractivity contribution in [1.29, 1.82) is 0 Å². The summed E-state index contributed by atoms with van der Waals surface area (Å²) >= 11 is 1.38. The maximum Gasteiger partial charge on any atom is 0.249 e. The van der Waals surface area contributed by atoms with Gasteiger partial charge in [0.2, 0.25) is 17.6 Å². The van der Waals surface area contributed by atoms with Crippen molar-refractivity contribution in [2.45, 2.75) is 24.0 Å². The quantitative estimate of drug-likeness (QED) is 0.637. The molecule has 4 rings (SSSR count). The zero-order chi connectivity index (χ0) is 17.9. The zero-order valence-electron chi connectivity index (χ0n) is 14.3. The first-order valence-corrected chi connectivity index (χ1v) is 9.36. The highest BCUT2D eigenvalue weighted by Gasteiger charge is 2.34. The molecule has 1 aliphatic heterocycles. The third-order valence-corrected chi connectivity index (χ3v) is 5.35. The van der Waals surface area contributed by atoms with Crippen LogP contribution in [0.2, 0.25) is 0 Å². The molecule has 0 saturated carbocycles. The normalized spacial score (nSPS) is 17.0. The summed E-state index contributed by atoms with van der Waals surface area (Å²) in [5.41, 5.74) is 0.899. The van der Waals surface area contributed by atoms with Crippen molar-refractivity contribution < 1.29 is 9.32 Å². The van der Waals surface area contributed by atoms with E-state index in [-0.39, 0.29) is 11.9 Å². The van der Waals surface area contributed by atoms with Gasteiger partial charge in [-0.05, 0) is 12.8 Å². The molecular formula is C17H18N6O2S. The maximum absolute atomic E-state index is 12.7. The standard InChI is InChI=1S/C17H18N6O2S/c1-22-11-18-20-17(22)26-10-14(24)23-9-5-8-13(23)16-19-15(21-25-16)12-6-3-2-4-7-12/h2-4,6-7,11,13H,5,8-10H2,1H3/t13-/m1/s1. The van der Waals surface area contributed by atoms with E-state index in [1.165, 1.54) is 11.8 Å². The number of aryl methyl sites for hydroxylation is 1. The molecule has 1 aromatic carbocycles. The highest BCUT2D eigenvalue weighted by atomic mass is 32.2. The molecular weight excluding hydrogens is 352 g/mol. The molecule has 0 spiro atoms. The monoisotopic (exact) mass is 370 g/mol. The third-order valence-electron chi connectivity index (χ3n) is 4.33. The molecule has 9 heteroatoms. The Balaban J connectivity index is 1.45. The Bertz CT molecular complexity index is 894. The van der Waals surface area contributed by atoms with E-state index in [2.05, 4.69) is 20.3 Å². The van der Waals surface area contributed by atoms with Gasteiger partial charge in [-0.25, -0.2) is 0 Å². The Labute approximate surface area is 154 Å². The van der Waals surface area contributed by atoms with Crippen LogP contribution in [-0.4, -0.2) is 48.0 Å². The minimum Gasteiger partial charge on any atom is -0.337 e. The number of hydrogen-bond donors (Lipinski definition) is 0. The summed E-state index contributed by atoms with van der Waals surface area (Å²) in [5.74, 6) is 1.40. The topological polar surface area (TPSA) is 89.9 Å². The largest absolute Gasteiger partial charge is 0.337 e. The van der Waals surface area contributed by atoms with Gasteiger partial charge >= 0.3 is 0 Å². The fraction of sp³-hybridized carbons (Fsp3) is 0.353. The van der Waals surface area contributed by atoms with E-state index < -0.39 is 0 Å². The molecule has 0 aliphatic carbocycles. The number of carbonyl (C=O) groups excluding carboxylic acids is 1. The van der Waals surface area contributed by atoms with Crippen molar-refractivity contribution in [2.24, 2.45) is 7.05 Å². The summed E-state index contributed by atoms with van der Waals surface area (Å²) in [7, 11) is 1.86. The first-order chi connectivity index (χ1) is 12.7. The van der Waals surface area contributed by atoms with Crippen molar-refractivity contribution in [3.05, 3.63) is 42.5 Å². The van der Waals surface area contributed by atoms with Crippen molar-refractivity contribution in [3.8, 4) is 11.4 Å². The van der Waals surface area contributed by atoms with Crippen LogP contribution in [0, 0.1) is 0 Å². The van der Waals surface area contributed by atoms with Gasteiger partial charge in [0.05, 0.1) is 5.75 Å². The molecule has 1 saturated heterocycles. The van der Waals surface area contributed by atoms with E-state index in [1.54, 1.807) is 10.9 Å². The van der Waals surface area contributed by atoms with Crippen LogP contribution in [-0.2, 0) is 11.8 Å². The second-order valence-corrected chi connectivity index (χ2v) is 7.02. The number of likely N-dealkylation sites (tertiary alicyclic amines) is 1. The zero-order valence-corrected chi connectivity index (χ0v) is 15.1. The minimum absolute atomic E-state index is 0.0416. The molecule has 1 aliphatic rings. The smallest absolute Gasteiger partial charge is 0.249 e. The van der Waals surface area contributed by atoms with Crippen LogP contribution in [0.15, 0.2) is 46.3 Å². The van der Waals surface area contributed by atoms with E-state index in [9.17, 15) is 4.79 Å². The Morgan fingerprint density at radius 3 is 2.96 bits per heavy atom. The SMILES string of the molecule is Cn1cnnc1SCC(=O)N1CCC[C@@H]1c1nc(-c2ccccc2)no1. The fourth-order valence-corrected chi connectivity index (χ4v) is 3.78. The lowest BCUT2D eigenvalue weighted by molar-refractivity contribution is -0.129. The predicted octanol–water partition coefficient (Wildman–Crippen LogP) is 2.32. The van der Waals surface area contributed by atoms with Crippen molar-refractivity contribution in [2.75, 3.05) is 12.3 Å². The summed E-state index contributed by atoms with van der Waals surface area (Å²) < 4.78 is 7.26. The summed E-state index contributed by atoms with van der Waals surface area (Å²) in [4.78, 5) is 19.0. The van der Waals surface area contributed by atoms with Gasteiger partial charge < -0.3 is 14.0 Å². The van der Waals surface area contributed by atoms with Gasteiger partial charge in [-0.2, -0.15) is 4.98 Å². The number of carbonyl (C=O) groups is 1. The van der Waals surface area contributed by atoms with Crippen LogP contribution in [0.5, 0.6) is 0 Å². The van der Waals surface area contributed by atoms with Crippen LogP contribution in [0.4, 0.5) is 0 Å². The van der Waals surface area contributed by atoms with Crippen molar-refractivity contribution in [3.63, 3.8) is 0 Å². The lowest BCUT2D eigenvalue weighted by Crippen LogP contribution is -2.32. The summed E-state index contributed by atoms with van der Waals surface area (Å²) in [6.07, 6.45) is 3.37. The minimum atomic E-state index is -0.160. The van der Waals surface area contributed by atoms with Gasteiger partial charge in [-0.15, -0.1) is 10.2 Å². The molecule has 0 radical (unpaired) electrons. The van der Waals surface area contributed by atoms with Crippen molar-refractivity contribution in [1.82, 2.24) is 29.8 Å². The number of thioether (sulfide) groups is 1. The lowest BCUT2D eigenvalue weighted by atomic mass is 10.2. The molecule has 134 valence electrons.